The lowest BCUT2D eigenvalue weighted by Crippen LogP contribution is -2.41. The van der Waals surface area contributed by atoms with Crippen LogP contribution in [0.4, 0.5) is 4.79 Å². The van der Waals surface area contributed by atoms with Crippen molar-refractivity contribution in [1.29, 1.82) is 0 Å². The first kappa shape index (κ1) is 23.6. The molecule has 28 heavy (non-hydrogen) atoms. The molecule has 2 aromatic rings. The highest BCUT2D eigenvalue weighted by molar-refractivity contribution is 7.92. The van der Waals surface area contributed by atoms with Crippen LogP contribution in [0.2, 0.25) is 0 Å². The molecular formula is C15H21ClNO7PS3. The summed E-state index contributed by atoms with van der Waals surface area (Å²) in [6.07, 6.45) is -1.98. The molecule has 2 heterocycles. The lowest BCUT2D eigenvalue weighted by Gasteiger charge is -2.28. The van der Waals surface area contributed by atoms with Gasteiger partial charge in [-0.1, -0.05) is 0 Å². The molecule has 1 amide bonds. The van der Waals surface area contributed by atoms with Gasteiger partial charge in [-0.2, -0.15) is 12.7 Å². The van der Waals surface area contributed by atoms with Crippen molar-refractivity contribution in [2.45, 2.75) is 36.5 Å². The van der Waals surface area contributed by atoms with Gasteiger partial charge in [0.25, 0.3) is 10.0 Å². The monoisotopic (exact) mass is 489 g/mol. The molecule has 0 aliphatic rings. The molecule has 158 valence electrons. The number of ether oxygens (including phenoxy) is 1. The minimum Gasteiger partial charge on any atom is -0.443 e. The van der Waals surface area contributed by atoms with Gasteiger partial charge in [-0.3, -0.25) is 4.57 Å². The van der Waals surface area contributed by atoms with E-state index >= 15 is 0 Å². The summed E-state index contributed by atoms with van der Waals surface area (Å²) < 4.78 is 55.5. The number of carbonyl (C=O) groups is 1. The topological polar surface area (TPSA) is 99.2 Å². The van der Waals surface area contributed by atoms with Gasteiger partial charge in [0.15, 0.2) is 0 Å². The number of amides is 1. The van der Waals surface area contributed by atoms with Crippen LogP contribution in [-0.4, -0.2) is 44.9 Å². The van der Waals surface area contributed by atoms with Crippen LogP contribution in [0.3, 0.4) is 0 Å². The first-order valence-corrected chi connectivity index (χ1v) is 13.2. The van der Waals surface area contributed by atoms with Gasteiger partial charge in [-0.05, 0) is 32.9 Å². The molecule has 0 saturated heterocycles. The van der Waals surface area contributed by atoms with Gasteiger partial charge < -0.3 is 13.8 Å². The van der Waals surface area contributed by atoms with Crippen LogP contribution in [0.15, 0.2) is 16.3 Å². The van der Waals surface area contributed by atoms with E-state index in [1.807, 2.05) is 0 Å². The molecule has 0 spiro atoms. The van der Waals surface area contributed by atoms with Crippen LogP contribution in [0.25, 0.3) is 9.40 Å². The maximum atomic E-state index is 13.2. The van der Waals surface area contributed by atoms with Crippen LogP contribution >= 0.6 is 41.9 Å². The van der Waals surface area contributed by atoms with Crippen molar-refractivity contribution in [2.24, 2.45) is 0 Å². The second-order valence-electron chi connectivity index (χ2n) is 6.59. The Morgan fingerprint density at radius 2 is 1.75 bits per heavy atom. The van der Waals surface area contributed by atoms with E-state index in [9.17, 15) is 17.8 Å². The van der Waals surface area contributed by atoms with Gasteiger partial charge >= 0.3 is 13.7 Å². The largest absolute Gasteiger partial charge is 0.443 e. The summed E-state index contributed by atoms with van der Waals surface area (Å²) in [5.41, 5.74) is -0.958. The molecule has 8 nitrogen and oxygen atoms in total. The van der Waals surface area contributed by atoms with E-state index in [0.717, 1.165) is 39.8 Å². The van der Waals surface area contributed by atoms with Crippen molar-refractivity contribution in [1.82, 2.24) is 4.31 Å². The quantitative estimate of drug-likeness (QED) is 0.395. The normalized spacial score (nSPS) is 13.1. The molecule has 0 aromatic carbocycles. The van der Waals surface area contributed by atoms with Crippen LogP contribution in [-0.2, 0) is 34.3 Å². The second-order valence-corrected chi connectivity index (χ2v) is 13.4. The van der Waals surface area contributed by atoms with Gasteiger partial charge in [0.2, 0.25) is 0 Å². The van der Waals surface area contributed by atoms with Crippen LogP contribution in [0.1, 0.15) is 25.6 Å². The molecule has 13 heteroatoms. The third-order valence-electron chi connectivity index (χ3n) is 3.37. The highest BCUT2D eigenvalue weighted by Gasteiger charge is 2.40. The third kappa shape index (κ3) is 5.27. The van der Waals surface area contributed by atoms with Crippen molar-refractivity contribution in [3.05, 3.63) is 17.0 Å². The molecule has 0 saturated carbocycles. The molecule has 2 rings (SSSR count). The van der Waals surface area contributed by atoms with Crippen molar-refractivity contribution < 1.29 is 31.6 Å². The summed E-state index contributed by atoms with van der Waals surface area (Å²) in [5, 5.41) is 0. The number of hydrogen-bond acceptors (Lipinski definition) is 9. The molecule has 0 fully saturated rings. The minimum absolute atomic E-state index is 0.0838. The van der Waals surface area contributed by atoms with Crippen LogP contribution < -0.4 is 0 Å². The number of alkyl halides is 1. The molecule has 0 aliphatic carbocycles. The van der Waals surface area contributed by atoms with Crippen molar-refractivity contribution in [3.8, 4) is 0 Å². The first-order chi connectivity index (χ1) is 12.8. The van der Waals surface area contributed by atoms with E-state index in [1.165, 1.54) is 17.4 Å². The number of sulfonamides is 1. The Hall–Kier alpha value is -0.680. The van der Waals surface area contributed by atoms with Gasteiger partial charge in [0.05, 0.1) is 5.88 Å². The Morgan fingerprint density at radius 1 is 1.18 bits per heavy atom. The van der Waals surface area contributed by atoms with E-state index < -0.39 is 35.6 Å². The Balaban J connectivity index is 2.49. The smallest absolute Gasteiger partial charge is 0.424 e. The fraction of sp³-hybridized carbons (Fsp3) is 0.533. The van der Waals surface area contributed by atoms with E-state index in [-0.39, 0.29) is 4.21 Å². The summed E-state index contributed by atoms with van der Waals surface area (Å²) >= 11 is 8.16. The summed E-state index contributed by atoms with van der Waals surface area (Å²) in [6, 6.07) is 3.25. The predicted molar refractivity (Wildman–Crippen MR) is 111 cm³/mol. The summed E-state index contributed by atoms with van der Waals surface area (Å²) in [7, 11) is -6.01. The lowest BCUT2D eigenvalue weighted by molar-refractivity contribution is 0.0402. The number of fused-ring (bicyclic) bond motifs is 1. The molecule has 0 unspecified atom stereocenters. The number of thiophene rings is 2. The molecule has 0 N–H and O–H groups in total. The first-order valence-electron chi connectivity index (χ1n) is 7.89. The van der Waals surface area contributed by atoms with Crippen molar-refractivity contribution in [3.63, 3.8) is 0 Å². The maximum Gasteiger partial charge on any atom is 0.424 e. The fourth-order valence-electron chi connectivity index (χ4n) is 2.06. The molecule has 0 bridgehead atoms. The third-order valence-corrected chi connectivity index (χ3v) is 10.2. The van der Waals surface area contributed by atoms with Crippen LogP contribution in [0, 0.1) is 0 Å². The molecule has 0 aliphatic heterocycles. The van der Waals surface area contributed by atoms with Crippen LogP contribution in [0.5, 0.6) is 0 Å². The number of carbonyl (C=O) groups excluding carboxylic acids is 1. The van der Waals surface area contributed by atoms with E-state index in [2.05, 4.69) is 0 Å². The van der Waals surface area contributed by atoms with Gasteiger partial charge in [-0.25, -0.2) is 4.79 Å². The summed E-state index contributed by atoms with van der Waals surface area (Å²) in [4.78, 5) is 13.5. The lowest BCUT2D eigenvalue weighted by atomic mass is 10.2. The Bertz CT molecular complexity index is 969. The molecule has 2 aromatic heterocycles. The van der Waals surface area contributed by atoms with E-state index in [0.29, 0.717) is 10.2 Å². The summed E-state index contributed by atoms with van der Waals surface area (Å²) in [6.45, 7) is 4.78. The maximum absolute atomic E-state index is 13.2. The Labute approximate surface area is 176 Å². The highest BCUT2D eigenvalue weighted by atomic mass is 35.5. The number of rotatable bonds is 7. The number of halogens is 1. The zero-order valence-electron chi connectivity index (χ0n) is 15.9. The Morgan fingerprint density at radius 3 is 2.21 bits per heavy atom. The zero-order valence-corrected chi connectivity index (χ0v) is 20.0. The minimum atomic E-state index is -4.36. The average molecular weight is 490 g/mol. The van der Waals surface area contributed by atoms with Crippen molar-refractivity contribution in [2.75, 3.05) is 20.5 Å². The summed E-state index contributed by atoms with van der Waals surface area (Å²) in [5.74, 6) is 0.322. The predicted octanol–water partition coefficient (Wildman–Crippen LogP) is 5.07. The van der Waals surface area contributed by atoms with E-state index in [4.69, 9.17) is 25.4 Å². The number of hydrogen-bond donors (Lipinski definition) is 0. The fourth-order valence-corrected chi connectivity index (χ4v) is 7.90. The number of nitrogens with zero attached hydrogens (tertiary/aromatic N) is 1. The van der Waals surface area contributed by atoms with Gasteiger partial charge in [0.1, 0.15) is 16.1 Å². The van der Waals surface area contributed by atoms with E-state index in [1.54, 1.807) is 26.8 Å². The highest BCUT2D eigenvalue weighted by Crippen LogP contribution is 2.48. The average Bonchev–Trinajstić information content (AvgIpc) is 3.16. The van der Waals surface area contributed by atoms with Crippen molar-refractivity contribution >= 4 is 67.4 Å². The standard InChI is InChI=1S/C15H21ClNO7PS3/c1-15(2,3)24-14(18)17(9-25(19,22-4)23-5)28(20,21)13-7-12-11(27-13)6-10(8-16)26-12/h6-7H,8-9H2,1-5H3. The molecule has 0 atom stereocenters. The zero-order chi connectivity index (χ0) is 21.3. The van der Waals surface area contributed by atoms with Gasteiger partial charge in [-0.15, -0.1) is 34.3 Å². The molecular weight excluding hydrogens is 469 g/mol. The second kappa shape index (κ2) is 8.59. The Kier molecular flexibility index (Phi) is 7.24. The SMILES string of the molecule is COP(=O)(CN(C(=O)OC(C)(C)C)S(=O)(=O)c1cc2sc(CCl)cc2s1)OC. The van der Waals surface area contributed by atoms with Gasteiger partial charge in [0, 0.05) is 28.5 Å². The molecule has 0 radical (unpaired) electrons.